The third-order valence-electron chi connectivity index (χ3n) is 3.00. The monoisotopic (exact) mass is 290 g/mol. The molecule has 2 heterocycles. The number of pyridine rings is 1. The normalized spacial score (nSPS) is 20.1. The van der Waals surface area contributed by atoms with Gasteiger partial charge >= 0.3 is 0 Å². The molecule has 1 aliphatic rings. The Morgan fingerprint density at radius 3 is 2.61 bits per heavy atom. The van der Waals surface area contributed by atoms with Crippen LogP contribution < -0.4 is 5.32 Å². The summed E-state index contributed by atoms with van der Waals surface area (Å²) in [6.45, 7) is 0.940. The maximum Gasteiger partial charge on any atom is 0.155 e. The fraction of sp³-hybridized carbons (Fsp3) is 0.583. The molecule has 2 rings (SSSR count). The standard InChI is InChI=1S/C12H18N2O2S.ClH/c15-17(16,9-11-4-7-13-8-5-11)10-12-3-1-2-6-14-12;/h4-5,7-8,12,14H,1-3,6,9-10H2;1H. The summed E-state index contributed by atoms with van der Waals surface area (Å²) in [5, 5.41) is 3.27. The van der Waals surface area contributed by atoms with E-state index < -0.39 is 9.84 Å². The lowest BCUT2D eigenvalue weighted by Gasteiger charge is -2.23. The van der Waals surface area contributed by atoms with E-state index in [-0.39, 0.29) is 30.0 Å². The molecule has 1 aliphatic heterocycles. The fourth-order valence-electron chi connectivity index (χ4n) is 2.16. The Bertz CT molecular complexity index is 444. The van der Waals surface area contributed by atoms with Crippen LogP contribution in [-0.4, -0.2) is 31.7 Å². The number of hydrogen-bond donors (Lipinski definition) is 1. The fourth-order valence-corrected chi connectivity index (χ4v) is 3.88. The summed E-state index contributed by atoms with van der Waals surface area (Å²) in [4.78, 5) is 3.88. The van der Waals surface area contributed by atoms with Gasteiger partial charge in [-0.2, -0.15) is 0 Å². The molecule has 18 heavy (non-hydrogen) atoms. The van der Waals surface area contributed by atoms with Crippen LogP contribution in [0.25, 0.3) is 0 Å². The number of aromatic nitrogens is 1. The first-order valence-electron chi connectivity index (χ1n) is 5.98. The van der Waals surface area contributed by atoms with Crippen molar-refractivity contribution >= 4 is 22.2 Å². The van der Waals surface area contributed by atoms with Crippen LogP contribution >= 0.6 is 12.4 Å². The minimum absolute atomic E-state index is 0. The van der Waals surface area contributed by atoms with E-state index in [0.717, 1.165) is 31.4 Å². The molecule has 1 fully saturated rings. The van der Waals surface area contributed by atoms with E-state index in [4.69, 9.17) is 0 Å². The van der Waals surface area contributed by atoms with Crippen molar-refractivity contribution in [1.29, 1.82) is 0 Å². The molecule has 6 heteroatoms. The molecule has 0 radical (unpaired) electrons. The third kappa shape index (κ3) is 4.92. The summed E-state index contributed by atoms with van der Waals surface area (Å²) in [6, 6.07) is 3.65. The lowest BCUT2D eigenvalue weighted by molar-refractivity contribution is 0.423. The summed E-state index contributed by atoms with van der Waals surface area (Å²) < 4.78 is 24.0. The van der Waals surface area contributed by atoms with Crippen molar-refractivity contribution in [2.45, 2.75) is 31.1 Å². The molecule has 0 aliphatic carbocycles. The molecular weight excluding hydrogens is 272 g/mol. The maximum atomic E-state index is 12.0. The molecule has 1 aromatic heterocycles. The molecule has 1 unspecified atom stereocenters. The van der Waals surface area contributed by atoms with Gasteiger partial charge in [0.1, 0.15) is 0 Å². The summed E-state index contributed by atoms with van der Waals surface area (Å²) in [6.07, 6.45) is 6.51. The van der Waals surface area contributed by atoms with Gasteiger partial charge in [-0.25, -0.2) is 8.42 Å². The van der Waals surface area contributed by atoms with E-state index >= 15 is 0 Å². The predicted molar refractivity (Wildman–Crippen MR) is 74.6 cm³/mol. The SMILES string of the molecule is Cl.O=S(=O)(Cc1ccncc1)CC1CCCCN1. The van der Waals surface area contributed by atoms with Crippen molar-refractivity contribution in [1.82, 2.24) is 10.3 Å². The highest BCUT2D eigenvalue weighted by molar-refractivity contribution is 7.90. The maximum absolute atomic E-state index is 12.0. The number of sulfone groups is 1. The largest absolute Gasteiger partial charge is 0.313 e. The van der Waals surface area contributed by atoms with E-state index in [0.29, 0.717) is 0 Å². The van der Waals surface area contributed by atoms with Gasteiger partial charge in [-0.15, -0.1) is 12.4 Å². The van der Waals surface area contributed by atoms with Crippen molar-refractivity contribution < 1.29 is 8.42 Å². The van der Waals surface area contributed by atoms with Crippen molar-refractivity contribution in [2.24, 2.45) is 0 Å². The topological polar surface area (TPSA) is 59.1 Å². The smallest absolute Gasteiger partial charge is 0.155 e. The Kier molecular flexibility index (Phi) is 6.05. The van der Waals surface area contributed by atoms with E-state index in [2.05, 4.69) is 10.3 Å². The van der Waals surface area contributed by atoms with Gasteiger partial charge in [0.05, 0.1) is 11.5 Å². The first-order valence-corrected chi connectivity index (χ1v) is 7.80. The Morgan fingerprint density at radius 1 is 1.28 bits per heavy atom. The summed E-state index contributed by atoms with van der Waals surface area (Å²) >= 11 is 0. The molecule has 1 aromatic rings. The van der Waals surface area contributed by atoms with Crippen molar-refractivity contribution in [3.8, 4) is 0 Å². The van der Waals surface area contributed by atoms with Crippen molar-refractivity contribution in [3.05, 3.63) is 30.1 Å². The molecule has 0 spiro atoms. The van der Waals surface area contributed by atoms with Gasteiger partial charge in [0, 0.05) is 18.4 Å². The van der Waals surface area contributed by atoms with E-state index in [1.165, 1.54) is 0 Å². The second-order valence-electron chi connectivity index (χ2n) is 4.56. The first-order chi connectivity index (χ1) is 8.16. The van der Waals surface area contributed by atoms with E-state index in [9.17, 15) is 8.42 Å². The van der Waals surface area contributed by atoms with Crippen LogP contribution in [0.2, 0.25) is 0 Å². The van der Waals surface area contributed by atoms with Gasteiger partial charge in [0.25, 0.3) is 0 Å². The Labute approximate surface area is 115 Å². The van der Waals surface area contributed by atoms with Crippen LogP contribution in [0.3, 0.4) is 0 Å². The van der Waals surface area contributed by atoms with Gasteiger partial charge < -0.3 is 5.32 Å². The van der Waals surface area contributed by atoms with Crippen LogP contribution in [0.4, 0.5) is 0 Å². The third-order valence-corrected chi connectivity index (χ3v) is 4.69. The molecule has 0 saturated carbocycles. The minimum atomic E-state index is -3.02. The second kappa shape index (κ2) is 7.07. The summed E-state index contributed by atoms with van der Waals surface area (Å²) in [7, 11) is -3.02. The summed E-state index contributed by atoms with van der Waals surface area (Å²) in [5.74, 6) is 0.364. The highest BCUT2D eigenvalue weighted by Gasteiger charge is 2.21. The van der Waals surface area contributed by atoms with E-state index in [1.54, 1.807) is 24.5 Å². The first kappa shape index (κ1) is 15.4. The van der Waals surface area contributed by atoms with Crippen molar-refractivity contribution in [2.75, 3.05) is 12.3 Å². The Morgan fingerprint density at radius 2 is 2.00 bits per heavy atom. The van der Waals surface area contributed by atoms with Crippen LogP contribution in [0.1, 0.15) is 24.8 Å². The molecule has 0 amide bonds. The van der Waals surface area contributed by atoms with Gasteiger partial charge in [0.15, 0.2) is 9.84 Å². The lowest BCUT2D eigenvalue weighted by atomic mass is 10.1. The Balaban J connectivity index is 0.00000162. The molecule has 1 atom stereocenters. The number of nitrogens with one attached hydrogen (secondary N) is 1. The van der Waals surface area contributed by atoms with Crippen LogP contribution in [0.15, 0.2) is 24.5 Å². The highest BCUT2D eigenvalue weighted by atomic mass is 35.5. The molecule has 1 N–H and O–H groups in total. The van der Waals surface area contributed by atoms with Gasteiger partial charge in [0.2, 0.25) is 0 Å². The zero-order valence-corrected chi connectivity index (χ0v) is 11.8. The van der Waals surface area contributed by atoms with Gasteiger partial charge in [-0.05, 0) is 37.1 Å². The quantitative estimate of drug-likeness (QED) is 0.914. The lowest BCUT2D eigenvalue weighted by Crippen LogP contribution is -2.39. The minimum Gasteiger partial charge on any atom is -0.313 e. The zero-order chi connectivity index (χ0) is 12.1. The number of rotatable bonds is 4. The Hall–Kier alpha value is -0.650. The second-order valence-corrected chi connectivity index (χ2v) is 6.67. The predicted octanol–water partition coefficient (Wildman–Crippen LogP) is 1.56. The van der Waals surface area contributed by atoms with E-state index in [1.807, 2.05) is 0 Å². The zero-order valence-electron chi connectivity index (χ0n) is 10.2. The van der Waals surface area contributed by atoms with Gasteiger partial charge in [-0.1, -0.05) is 6.42 Å². The average molecular weight is 291 g/mol. The molecule has 102 valence electrons. The van der Waals surface area contributed by atoms with Gasteiger partial charge in [-0.3, -0.25) is 4.98 Å². The molecule has 1 saturated heterocycles. The summed E-state index contributed by atoms with van der Waals surface area (Å²) in [5.41, 5.74) is 0.816. The number of halogens is 1. The molecular formula is C12H19ClN2O2S. The number of nitrogens with zero attached hydrogens (tertiary/aromatic N) is 1. The molecule has 0 aromatic carbocycles. The van der Waals surface area contributed by atoms with Crippen LogP contribution in [0.5, 0.6) is 0 Å². The van der Waals surface area contributed by atoms with Crippen molar-refractivity contribution in [3.63, 3.8) is 0 Å². The van der Waals surface area contributed by atoms with Crippen LogP contribution in [-0.2, 0) is 15.6 Å². The molecule has 0 bridgehead atoms. The number of hydrogen-bond acceptors (Lipinski definition) is 4. The molecule has 4 nitrogen and oxygen atoms in total. The number of piperidine rings is 1. The highest BCUT2D eigenvalue weighted by Crippen LogP contribution is 2.12. The van der Waals surface area contributed by atoms with Crippen LogP contribution in [0, 0.1) is 0 Å². The average Bonchev–Trinajstić information content (AvgIpc) is 2.30.